The lowest BCUT2D eigenvalue weighted by molar-refractivity contribution is -0.122. The molecule has 3 rings (SSSR count). The highest BCUT2D eigenvalue weighted by Gasteiger charge is 2.40. The number of carbonyl (C=O) groups is 1. The predicted octanol–water partition coefficient (Wildman–Crippen LogP) is 2.76. The van der Waals surface area contributed by atoms with Crippen LogP contribution in [0.1, 0.15) is 57.8 Å². The molecule has 90 valence electrons. The molecule has 0 N–H and O–H groups in total. The second-order valence-electron chi connectivity index (χ2n) is 6.12. The molecule has 2 aliphatic carbocycles. The minimum absolute atomic E-state index is 0.304. The first-order chi connectivity index (χ1) is 7.79. The number of carbonyl (C=O) groups excluding carboxylic acids is 1. The van der Waals surface area contributed by atoms with Crippen molar-refractivity contribution in [3.63, 3.8) is 0 Å². The Labute approximate surface area is 98.4 Å². The maximum absolute atomic E-state index is 11.7. The van der Waals surface area contributed by atoms with Gasteiger partial charge in [-0.2, -0.15) is 0 Å². The van der Waals surface area contributed by atoms with Crippen molar-refractivity contribution in [1.82, 2.24) is 4.90 Å². The van der Waals surface area contributed by atoms with Gasteiger partial charge >= 0.3 is 0 Å². The molecular formula is C14H23NO. The molecule has 1 atom stereocenters. The van der Waals surface area contributed by atoms with Crippen molar-refractivity contribution in [1.29, 1.82) is 0 Å². The van der Waals surface area contributed by atoms with Gasteiger partial charge in [0.1, 0.15) is 5.78 Å². The lowest BCUT2D eigenvalue weighted by Crippen LogP contribution is -2.46. The minimum atomic E-state index is 0.304. The third kappa shape index (κ3) is 1.81. The van der Waals surface area contributed by atoms with E-state index in [1.54, 1.807) is 0 Å². The summed E-state index contributed by atoms with van der Waals surface area (Å²) in [7, 11) is 0. The zero-order chi connectivity index (χ0) is 11.0. The Hall–Kier alpha value is -0.370. The number of ketones is 1. The normalized spacial score (nSPS) is 35.0. The molecule has 0 amide bonds. The average Bonchev–Trinajstić information content (AvgIpc) is 2.90. The van der Waals surface area contributed by atoms with Gasteiger partial charge in [-0.15, -0.1) is 0 Å². The van der Waals surface area contributed by atoms with Crippen LogP contribution in [-0.2, 0) is 4.79 Å². The monoisotopic (exact) mass is 221 g/mol. The van der Waals surface area contributed by atoms with Crippen LogP contribution in [0.15, 0.2) is 0 Å². The van der Waals surface area contributed by atoms with E-state index in [2.05, 4.69) is 4.90 Å². The van der Waals surface area contributed by atoms with Crippen molar-refractivity contribution in [2.45, 2.75) is 63.8 Å². The fraction of sp³-hybridized carbons (Fsp3) is 0.929. The molecule has 0 aromatic rings. The molecule has 2 heteroatoms. The highest BCUT2D eigenvalue weighted by atomic mass is 16.1. The summed E-state index contributed by atoms with van der Waals surface area (Å²) in [5.41, 5.74) is 0.693. The molecule has 1 saturated heterocycles. The fourth-order valence-corrected chi connectivity index (χ4v) is 4.12. The fourth-order valence-electron chi connectivity index (χ4n) is 4.12. The highest BCUT2D eigenvalue weighted by molar-refractivity contribution is 5.85. The van der Waals surface area contributed by atoms with E-state index in [1.165, 1.54) is 51.6 Å². The molecule has 1 heterocycles. The van der Waals surface area contributed by atoms with Gasteiger partial charge in [0, 0.05) is 6.42 Å². The molecule has 3 aliphatic rings. The molecule has 2 saturated carbocycles. The van der Waals surface area contributed by atoms with Crippen LogP contribution in [0, 0.1) is 5.41 Å². The first kappa shape index (κ1) is 10.8. The minimum Gasteiger partial charge on any atom is -0.298 e. The maximum Gasteiger partial charge on any atom is 0.149 e. The lowest BCUT2D eigenvalue weighted by atomic mass is 9.77. The van der Waals surface area contributed by atoms with Crippen molar-refractivity contribution in [2.75, 3.05) is 13.1 Å². The number of Topliss-reactive ketones (excluding diaryl/α,β-unsaturated/α-hetero) is 1. The van der Waals surface area contributed by atoms with Gasteiger partial charge in [-0.05, 0) is 57.0 Å². The molecule has 1 spiro atoms. The van der Waals surface area contributed by atoms with Gasteiger partial charge in [0.2, 0.25) is 0 Å². The van der Waals surface area contributed by atoms with E-state index in [4.69, 9.17) is 0 Å². The van der Waals surface area contributed by atoms with E-state index in [9.17, 15) is 4.79 Å². The first-order valence-electron chi connectivity index (χ1n) is 7.06. The number of piperidine rings is 1. The quantitative estimate of drug-likeness (QED) is 0.678. The number of likely N-dealkylation sites (tertiary alicyclic amines) is 1. The second kappa shape index (κ2) is 4.14. The van der Waals surface area contributed by atoms with Crippen molar-refractivity contribution >= 4 is 5.78 Å². The number of hydrogen-bond donors (Lipinski definition) is 0. The molecule has 16 heavy (non-hydrogen) atoms. The van der Waals surface area contributed by atoms with E-state index >= 15 is 0 Å². The van der Waals surface area contributed by atoms with Crippen LogP contribution in [0.4, 0.5) is 0 Å². The molecule has 0 radical (unpaired) electrons. The summed E-state index contributed by atoms with van der Waals surface area (Å²) >= 11 is 0. The summed E-state index contributed by atoms with van der Waals surface area (Å²) in [5, 5.41) is 0. The number of rotatable bonds is 1. The third-order valence-electron chi connectivity index (χ3n) is 5.24. The van der Waals surface area contributed by atoms with Crippen LogP contribution in [-0.4, -0.2) is 29.8 Å². The average molecular weight is 221 g/mol. The van der Waals surface area contributed by atoms with E-state index in [1.807, 2.05) is 0 Å². The van der Waals surface area contributed by atoms with Crippen LogP contribution < -0.4 is 0 Å². The molecular weight excluding hydrogens is 198 g/mol. The van der Waals surface area contributed by atoms with Crippen LogP contribution in [0.3, 0.4) is 0 Å². The summed E-state index contributed by atoms with van der Waals surface area (Å²) in [6.07, 6.45) is 11.6. The summed E-state index contributed by atoms with van der Waals surface area (Å²) in [6.45, 7) is 2.38. The largest absolute Gasteiger partial charge is 0.298 e. The highest BCUT2D eigenvalue weighted by Crippen LogP contribution is 2.46. The molecule has 1 aliphatic heterocycles. The standard InChI is InChI=1S/C14H23NO/c16-13-5-3-4-12(13)15-10-8-14(9-11-15)6-1-2-7-14/h12H,1-11H2. The van der Waals surface area contributed by atoms with Gasteiger partial charge in [0.05, 0.1) is 6.04 Å². The third-order valence-corrected chi connectivity index (χ3v) is 5.24. The van der Waals surface area contributed by atoms with Crippen LogP contribution >= 0.6 is 0 Å². The van der Waals surface area contributed by atoms with Gasteiger partial charge in [0.15, 0.2) is 0 Å². The smallest absolute Gasteiger partial charge is 0.149 e. The zero-order valence-corrected chi connectivity index (χ0v) is 10.2. The lowest BCUT2D eigenvalue weighted by Gasteiger charge is -2.41. The molecule has 1 unspecified atom stereocenters. The van der Waals surface area contributed by atoms with Crippen LogP contribution in [0.2, 0.25) is 0 Å². The molecule has 3 fully saturated rings. The molecule has 0 bridgehead atoms. The Morgan fingerprint density at radius 3 is 2.25 bits per heavy atom. The summed E-state index contributed by atoms with van der Waals surface area (Å²) in [4.78, 5) is 14.2. The van der Waals surface area contributed by atoms with Crippen molar-refractivity contribution in [3.05, 3.63) is 0 Å². The Bertz CT molecular complexity index is 270. The van der Waals surface area contributed by atoms with E-state index in [0.717, 1.165) is 19.3 Å². The van der Waals surface area contributed by atoms with E-state index < -0.39 is 0 Å². The summed E-state index contributed by atoms with van der Waals surface area (Å²) < 4.78 is 0. The van der Waals surface area contributed by atoms with Gasteiger partial charge in [0.25, 0.3) is 0 Å². The summed E-state index contributed by atoms with van der Waals surface area (Å²) in [5.74, 6) is 0.516. The topological polar surface area (TPSA) is 20.3 Å². The Morgan fingerprint density at radius 1 is 1.00 bits per heavy atom. The van der Waals surface area contributed by atoms with Crippen molar-refractivity contribution < 1.29 is 4.79 Å². The first-order valence-corrected chi connectivity index (χ1v) is 7.06. The Morgan fingerprint density at radius 2 is 1.69 bits per heavy atom. The van der Waals surface area contributed by atoms with E-state index in [-0.39, 0.29) is 0 Å². The Kier molecular flexibility index (Phi) is 2.78. The zero-order valence-electron chi connectivity index (χ0n) is 10.2. The maximum atomic E-state index is 11.7. The summed E-state index contributed by atoms with van der Waals surface area (Å²) in [6, 6.07) is 0.304. The Balaban J connectivity index is 1.59. The SMILES string of the molecule is O=C1CCCC1N1CCC2(CCCC2)CC1. The predicted molar refractivity (Wildman–Crippen MR) is 64.4 cm³/mol. The second-order valence-corrected chi connectivity index (χ2v) is 6.12. The van der Waals surface area contributed by atoms with E-state index in [0.29, 0.717) is 17.2 Å². The van der Waals surface area contributed by atoms with Gasteiger partial charge in [-0.1, -0.05) is 12.8 Å². The van der Waals surface area contributed by atoms with Gasteiger partial charge < -0.3 is 0 Å². The van der Waals surface area contributed by atoms with Gasteiger partial charge in [-0.3, -0.25) is 9.69 Å². The van der Waals surface area contributed by atoms with Crippen LogP contribution in [0.5, 0.6) is 0 Å². The van der Waals surface area contributed by atoms with Crippen molar-refractivity contribution in [2.24, 2.45) is 5.41 Å². The molecule has 0 aromatic heterocycles. The van der Waals surface area contributed by atoms with Crippen LogP contribution in [0.25, 0.3) is 0 Å². The molecule has 2 nitrogen and oxygen atoms in total. The van der Waals surface area contributed by atoms with Gasteiger partial charge in [-0.25, -0.2) is 0 Å². The van der Waals surface area contributed by atoms with Crippen molar-refractivity contribution in [3.8, 4) is 0 Å². The molecule has 0 aromatic carbocycles. The number of nitrogens with zero attached hydrogens (tertiary/aromatic N) is 1. The number of hydrogen-bond acceptors (Lipinski definition) is 2.